The third-order valence-corrected chi connectivity index (χ3v) is 4.68. The van der Waals surface area contributed by atoms with Crippen molar-refractivity contribution in [3.05, 3.63) is 75.8 Å². The Labute approximate surface area is 147 Å². The quantitative estimate of drug-likeness (QED) is 0.635. The standard InChI is InChI=1S/C17H14FN3O4S/c18-11-3-6-13-14(8-16(22)21-15(13)7-11)17(23)20-9-10-1-4-12(5-2-10)26(19,24)25/h1-8H,9H2,(H,20,23)(H,21,22)(H2,19,24,25). The van der Waals surface area contributed by atoms with Gasteiger partial charge in [0.25, 0.3) is 5.91 Å². The lowest BCUT2D eigenvalue weighted by molar-refractivity contribution is 0.0952. The number of aromatic nitrogens is 1. The highest BCUT2D eigenvalue weighted by Gasteiger charge is 2.13. The van der Waals surface area contributed by atoms with Crippen molar-refractivity contribution >= 4 is 26.8 Å². The number of halogens is 1. The number of amides is 1. The summed E-state index contributed by atoms with van der Waals surface area (Å²) in [6, 6.07) is 10.6. The van der Waals surface area contributed by atoms with Gasteiger partial charge < -0.3 is 10.3 Å². The summed E-state index contributed by atoms with van der Waals surface area (Å²) in [6.07, 6.45) is 0. The van der Waals surface area contributed by atoms with Crippen molar-refractivity contribution < 1.29 is 17.6 Å². The van der Waals surface area contributed by atoms with Gasteiger partial charge in [0.15, 0.2) is 0 Å². The number of H-pyrrole nitrogens is 1. The van der Waals surface area contributed by atoms with E-state index in [4.69, 9.17) is 5.14 Å². The summed E-state index contributed by atoms with van der Waals surface area (Å²) < 4.78 is 35.8. The second kappa shape index (κ2) is 6.70. The van der Waals surface area contributed by atoms with Gasteiger partial charge >= 0.3 is 0 Å². The number of hydrogen-bond donors (Lipinski definition) is 3. The Balaban J connectivity index is 1.83. The maximum Gasteiger partial charge on any atom is 0.252 e. The first-order valence-electron chi connectivity index (χ1n) is 7.46. The average Bonchev–Trinajstić information content (AvgIpc) is 2.58. The fraction of sp³-hybridized carbons (Fsp3) is 0.0588. The van der Waals surface area contributed by atoms with Gasteiger partial charge in [-0.05, 0) is 35.9 Å². The number of rotatable bonds is 4. The van der Waals surface area contributed by atoms with E-state index in [0.717, 1.165) is 12.1 Å². The SMILES string of the molecule is NS(=O)(=O)c1ccc(CNC(=O)c2cc(=O)[nH]c3cc(F)ccc23)cc1. The zero-order valence-electron chi connectivity index (χ0n) is 13.3. The summed E-state index contributed by atoms with van der Waals surface area (Å²) >= 11 is 0. The predicted octanol–water partition coefficient (Wildman–Crippen LogP) is 1.24. The molecule has 0 aliphatic carbocycles. The van der Waals surface area contributed by atoms with Gasteiger partial charge in [0.2, 0.25) is 15.6 Å². The summed E-state index contributed by atoms with van der Waals surface area (Å²) in [6.45, 7) is 0.110. The molecule has 1 aromatic heterocycles. The summed E-state index contributed by atoms with van der Waals surface area (Å²) in [4.78, 5) is 26.6. The van der Waals surface area contributed by atoms with Gasteiger partial charge in [0, 0.05) is 18.0 Å². The first-order valence-corrected chi connectivity index (χ1v) is 9.01. The Morgan fingerprint density at radius 1 is 1.12 bits per heavy atom. The second-order valence-corrected chi connectivity index (χ2v) is 7.17. The smallest absolute Gasteiger partial charge is 0.252 e. The molecule has 0 atom stereocenters. The van der Waals surface area contributed by atoms with E-state index in [0.29, 0.717) is 10.9 Å². The number of nitrogens with two attached hydrogens (primary N) is 1. The predicted molar refractivity (Wildman–Crippen MR) is 93.5 cm³/mol. The Morgan fingerprint density at radius 2 is 1.81 bits per heavy atom. The van der Waals surface area contributed by atoms with Gasteiger partial charge in [0.05, 0.1) is 16.0 Å². The van der Waals surface area contributed by atoms with Crippen LogP contribution in [0.5, 0.6) is 0 Å². The molecule has 1 heterocycles. The van der Waals surface area contributed by atoms with Crippen LogP contribution >= 0.6 is 0 Å². The highest BCUT2D eigenvalue weighted by Crippen LogP contribution is 2.16. The molecule has 2 aromatic carbocycles. The van der Waals surface area contributed by atoms with Crippen LogP contribution in [0.25, 0.3) is 10.9 Å². The van der Waals surface area contributed by atoms with Crippen LogP contribution in [0.3, 0.4) is 0 Å². The fourth-order valence-electron chi connectivity index (χ4n) is 2.49. The number of fused-ring (bicyclic) bond motifs is 1. The van der Waals surface area contributed by atoms with Gasteiger partial charge in [-0.3, -0.25) is 9.59 Å². The number of carbonyl (C=O) groups is 1. The van der Waals surface area contributed by atoms with E-state index in [1.807, 2.05) is 0 Å². The molecule has 4 N–H and O–H groups in total. The molecule has 26 heavy (non-hydrogen) atoms. The number of pyridine rings is 1. The molecule has 0 aliphatic heterocycles. The van der Waals surface area contributed by atoms with Gasteiger partial charge in [0.1, 0.15) is 5.82 Å². The lowest BCUT2D eigenvalue weighted by atomic mass is 10.1. The Bertz CT molecular complexity index is 1150. The number of benzene rings is 2. The molecule has 0 saturated heterocycles. The summed E-state index contributed by atoms with van der Waals surface area (Å²) in [7, 11) is -3.78. The molecule has 1 amide bonds. The van der Waals surface area contributed by atoms with Crippen LogP contribution in [-0.4, -0.2) is 19.3 Å². The lowest BCUT2D eigenvalue weighted by Gasteiger charge is -2.08. The molecule has 7 nitrogen and oxygen atoms in total. The van der Waals surface area contributed by atoms with Crippen LogP contribution in [0.2, 0.25) is 0 Å². The van der Waals surface area contributed by atoms with E-state index >= 15 is 0 Å². The number of carbonyl (C=O) groups excluding carboxylic acids is 1. The normalized spacial score (nSPS) is 11.5. The van der Waals surface area contributed by atoms with E-state index in [9.17, 15) is 22.4 Å². The van der Waals surface area contributed by atoms with Gasteiger partial charge in [-0.25, -0.2) is 17.9 Å². The van der Waals surface area contributed by atoms with Crippen LogP contribution in [0.15, 0.2) is 58.2 Å². The first kappa shape index (κ1) is 17.8. The topological polar surface area (TPSA) is 122 Å². The average molecular weight is 375 g/mol. The van der Waals surface area contributed by atoms with Crippen molar-refractivity contribution in [1.29, 1.82) is 0 Å². The number of aromatic amines is 1. The van der Waals surface area contributed by atoms with Crippen molar-refractivity contribution in [2.75, 3.05) is 0 Å². The molecule has 0 radical (unpaired) electrons. The van der Waals surface area contributed by atoms with Crippen LogP contribution in [0, 0.1) is 5.82 Å². The van der Waals surface area contributed by atoms with Gasteiger partial charge in [-0.1, -0.05) is 12.1 Å². The van der Waals surface area contributed by atoms with E-state index in [1.54, 1.807) is 0 Å². The number of hydrogen-bond acceptors (Lipinski definition) is 4. The first-order chi connectivity index (χ1) is 12.2. The molecule has 0 fully saturated rings. The summed E-state index contributed by atoms with van der Waals surface area (Å²) in [5, 5.41) is 8.08. The van der Waals surface area contributed by atoms with Crippen molar-refractivity contribution in [2.45, 2.75) is 11.4 Å². The van der Waals surface area contributed by atoms with Crippen molar-refractivity contribution in [1.82, 2.24) is 10.3 Å². The zero-order valence-corrected chi connectivity index (χ0v) is 14.1. The van der Waals surface area contributed by atoms with Crippen molar-refractivity contribution in [3.63, 3.8) is 0 Å². The Morgan fingerprint density at radius 3 is 2.46 bits per heavy atom. The largest absolute Gasteiger partial charge is 0.348 e. The van der Waals surface area contributed by atoms with Crippen LogP contribution in [-0.2, 0) is 16.6 Å². The Kier molecular flexibility index (Phi) is 4.58. The van der Waals surface area contributed by atoms with Gasteiger partial charge in [-0.15, -0.1) is 0 Å². The minimum Gasteiger partial charge on any atom is -0.348 e. The molecule has 0 unspecified atom stereocenters. The van der Waals surface area contributed by atoms with E-state index in [2.05, 4.69) is 10.3 Å². The van der Waals surface area contributed by atoms with Crippen LogP contribution in [0.4, 0.5) is 4.39 Å². The molecule has 134 valence electrons. The molecule has 3 aromatic rings. The monoisotopic (exact) mass is 375 g/mol. The maximum atomic E-state index is 13.3. The second-order valence-electron chi connectivity index (χ2n) is 5.61. The third-order valence-electron chi connectivity index (χ3n) is 3.75. The Hall–Kier alpha value is -3.04. The number of primary sulfonamides is 1. The number of sulfonamides is 1. The molecule has 0 aliphatic rings. The summed E-state index contributed by atoms with van der Waals surface area (Å²) in [5.41, 5.74) is 0.460. The number of nitrogens with one attached hydrogen (secondary N) is 2. The maximum absolute atomic E-state index is 13.3. The van der Waals surface area contributed by atoms with Crippen LogP contribution in [0.1, 0.15) is 15.9 Å². The molecular weight excluding hydrogens is 361 g/mol. The van der Waals surface area contributed by atoms with Gasteiger partial charge in [-0.2, -0.15) is 0 Å². The zero-order chi connectivity index (χ0) is 18.9. The molecule has 3 rings (SSSR count). The molecular formula is C17H14FN3O4S. The highest BCUT2D eigenvalue weighted by atomic mass is 32.2. The van der Waals surface area contributed by atoms with Crippen molar-refractivity contribution in [2.24, 2.45) is 5.14 Å². The minimum absolute atomic E-state index is 0.0322. The molecule has 0 bridgehead atoms. The lowest BCUT2D eigenvalue weighted by Crippen LogP contribution is -2.25. The van der Waals surface area contributed by atoms with Crippen LogP contribution < -0.4 is 16.0 Å². The fourth-order valence-corrected chi connectivity index (χ4v) is 3.01. The van der Waals surface area contributed by atoms with E-state index < -0.39 is 27.3 Å². The molecule has 0 spiro atoms. The summed E-state index contributed by atoms with van der Waals surface area (Å²) in [5.74, 6) is -1.04. The van der Waals surface area contributed by atoms with Crippen molar-refractivity contribution in [3.8, 4) is 0 Å². The van der Waals surface area contributed by atoms with E-state index in [-0.39, 0.29) is 22.5 Å². The van der Waals surface area contributed by atoms with E-state index in [1.165, 1.54) is 36.4 Å². The molecule has 9 heteroatoms. The third kappa shape index (κ3) is 3.79. The molecule has 0 saturated carbocycles. The minimum atomic E-state index is -3.78. The highest BCUT2D eigenvalue weighted by molar-refractivity contribution is 7.89.